The molecule has 0 amide bonds. The average Bonchev–Trinajstić information content (AvgIpc) is 2.75. The number of hydrogen-bond donors (Lipinski definition) is 2. The number of aliphatic hydroxyl groups is 1. The summed E-state index contributed by atoms with van der Waals surface area (Å²) in [6.07, 6.45) is 4.49. The van der Waals surface area contributed by atoms with Crippen molar-refractivity contribution in [2.45, 2.75) is 31.4 Å². The summed E-state index contributed by atoms with van der Waals surface area (Å²) in [5.41, 5.74) is 1.89. The molecule has 3 nitrogen and oxygen atoms in total. The van der Waals surface area contributed by atoms with Crippen LogP contribution in [0.5, 0.6) is 0 Å². The summed E-state index contributed by atoms with van der Waals surface area (Å²) < 4.78 is 0. The predicted octanol–water partition coefficient (Wildman–Crippen LogP) is 3.21. The molecule has 0 radical (unpaired) electrons. The van der Waals surface area contributed by atoms with E-state index in [4.69, 9.17) is 11.6 Å². The molecule has 2 atom stereocenters. The Morgan fingerprint density at radius 3 is 2.94 bits per heavy atom. The number of aromatic nitrogens is 1. The zero-order valence-corrected chi connectivity index (χ0v) is 10.7. The van der Waals surface area contributed by atoms with Gasteiger partial charge in [-0.25, -0.2) is 0 Å². The highest BCUT2D eigenvalue weighted by atomic mass is 35.5. The van der Waals surface area contributed by atoms with Gasteiger partial charge >= 0.3 is 0 Å². The van der Waals surface area contributed by atoms with Crippen LogP contribution in [-0.2, 0) is 0 Å². The number of benzene rings is 1. The summed E-state index contributed by atoms with van der Waals surface area (Å²) in [6.45, 7) is 0. The minimum absolute atomic E-state index is 0.145. The van der Waals surface area contributed by atoms with Gasteiger partial charge in [0.15, 0.2) is 0 Å². The molecule has 0 saturated heterocycles. The van der Waals surface area contributed by atoms with E-state index in [-0.39, 0.29) is 12.1 Å². The van der Waals surface area contributed by atoms with Crippen LogP contribution in [0, 0.1) is 0 Å². The number of hydrogen-bond acceptors (Lipinski definition) is 3. The lowest BCUT2D eigenvalue weighted by molar-refractivity contribution is 0.172. The number of nitrogens with zero attached hydrogens (tertiary/aromatic N) is 1. The average molecular weight is 263 g/mol. The van der Waals surface area contributed by atoms with Crippen molar-refractivity contribution in [3.05, 3.63) is 35.5 Å². The Morgan fingerprint density at radius 1 is 1.28 bits per heavy atom. The standard InChI is InChI=1S/C14H15ClN2O/c15-9-4-5-10-11(6-7-16-13(10)8-9)17-12-2-1-3-14(12)18/h4-8,12,14,18H,1-3H2,(H,16,17). The van der Waals surface area contributed by atoms with E-state index in [0.717, 1.165) is 35.9 Å². The van der Waals surface area contributed by atoms with E-state index >= 15 is 0 Å². The van der Waals surface area contributed by atoms with Gasteiger partial charge in [0.05, 0.1) is 17.7 Å². The summed E-state index contributed by atoms with van der Waals surface area (Å²) in [4.78, 5) is 4.31. The maximum atomic E-state index is 9.87. The van der Waals surface area contributed by atoms with Crippen LogP contribution in [0.2, 0.25) is 5.02 Å². The van der Waals surface area contributed by atoms with Crippen LogP contribution in [0.4, 0.5) is 5.69 Å². The fourth-order valence-corrected chi connectivity index (χ4v) is 2.72. The maximum Gasteiger partial charge on any atom is 0.0741 e. The first-order chi connectivity index (χ1) is 8.74. The Balaban J connectivity index is 1.96. The van der Waals surface area contributed by atoms with Crippen LogP contribution in [0.25, 0.3) is 10.9 Å². The van der Waals surface area contributed by atoms with E-state index in [1.54, 1.807) is 6.20 Å². The molecule has 2 aromatic rings. The van der Waals surface area contributed by atoms with E-state index < -0.39 is 0 Å². The molecule has 4 heteroatoms. The highest BCUT2D eigenvalue weighted by Crippen LogP contribution is 2.28. The second kappa shape index (κ2) is 4.75. The maximum absolute atomic E-state index is 9.87. The first kappa shape index (κ1) is 11.8. The highest BCUT2D eigenvalue weighted by molar-refractivity contribution is 6.31. The van der Waals surface area contributed by atoms with Gasteiger partial charge in [0.1, 0.15) is 0 Å². The van der Waals surface area contributed by atoms with Crippen molar-refractivity contribution in [1.82, 2.24) is 4.98 Å². The molecular weight excluding hydrogens is 248 g/mol. The molecule has 1 aliphatic rings. The molecule has 0 spiro atoms. The van der Waals surface area contributed by atoms with E-state index in [1.807, 2.05) is 24.3 Å². The Labute approximate surface area is 111 Å². The zero-order valence-electron chi connectivity index (χ0n) is 9.94. The highest BCUT2D eigenvalue weighted by Gasteiger charge is 2.25. The molecule has 94 valence electrons. The topological polar surface area (TPSA) is 45.1 Å². The Hall–Kier alpha value is -1.32. The molecule has 1 aromatic carbocycles. The number of nitrogens with one attached hydrogen (secondary N) is 1. The van der Waals surface area contributed by atoms with Gasteiger partial charge in [-0.1, -0.05) is 11.6 Å². The fraction of sp³-hybridized carbons (Fsp3) is 0.357. The lowest BCUT2D eigenvalue weighted by Crippen LogP contribution is -2.27. The first-order valence-electron chi connectivity index (χ1n) is 6.23. The van der Waals surface area contributed by atoms with E-state index in [9.17, 15) is 5.11 Å². The lowest BCUT2D eigenvalue weighted by Gasteiger charge is -2.19. The quantitative estimate of drug-likeness (QED) is 0.874. The van der Waals surface area contributed by atoms with Gasteiger partial charge in [-0.15, -0.1) is 0 Å². The van der Waals surface area contributed by atoms with Crippen LogP contribution in [0.1, 0.15) is 19.3 Å². The van der Waals surface area contributed by atoms with Crippen LogP contribution < -0.4 is 5.32 Å². The molecule has 3 rings (SSSR count). The zero-order chi connectivity index (χ0) is 12.5. The van der Waals surface area contributed by atoms with Crippen LogP contribution in [-0.4, -0.2) is 22.2 Å². The largest absolute Gasteiger partial charge is 0.391 e. The van der Waals surface area contributed by atoms with Gasteiger partial charge in [-0.05, 0) is 43.5 Å². The molecule has 0 bridgehead atoms. The Kier molecular flexibility index (Phi) is 3.10. The number of aliphatic hydroxyl groups excluding tert-OH is 1. The number of fused-ring (bicyclic) bond motifs is 1. The summed E-state index contributed by atoms with van der Waals surface area (Å²) in [5.74, 6) is 0. The summed E-state index contributed by atoms with van der Waals surface area (Å²) in [5, 5.41) is 15.0. The molecule has 2 N–H and O–H groups in total. The second-order valence-electron chi connectivity index (χ2n) is 4.77. The van der Waals surface area contributed by atoms with E-state index in [0.29, 0.717) is 5.02 Å². The van der Waals surface area contributed by atoms with Gasteiger partial charge in [0.25, 0.3) is 0 Å². The van der Waals surface area contributed by atoms with Gasteiger partial charge in [0.2, 0.25) is 0 Å². The number of anilines is 1. The Bertz CT molecular complexity index is 573. The van der Waals surface area contributed by atoms with Crippen molar-refractivity contribution in [2.75, 3.05) is 5.32 Å². The molecule has 2 unspecified atom stereocenters. The van der Waals surface area contributed by atoms with Crippen LogP contribution in [0.3, 0.4) is 0 Å². The third kappa shape index (κ3) is 2.16. The fourth-order valence-electron chi connectivity index (χ4n) is 2.56. The lowest BCUT2D eigenvalue weighted by atomic mass is 10.1. The molecular formula is C14H15ClN2O. The van der Waals surface area contributed by atoms with Gasteiger partial charge in [-0.2, -0.15) is 0 Å². The third-order valence-corrected chi connectivity index (χ3v) is 3.76. The molecule has 1 aromatic heterocycles. The van der Waals surface area contributed by atoms with Crippen molar-refractivity contribution < 1.29 is 5.11 Å². The van der Waals surface area contributed by atoms with Crippen molar-refractivity contribution >= 4 is 28.2 Å². The minimum Gasteiger partial charge on any atom is -0.391 e. The monoisotopic (exact) mass is 262 g/mol. The molecule has 1 heterocycles. The number of rotatable bonds is 2. The minimum atomic E-state index is -0.250. The van der Waals surface area contributed by atoms with Gasteiger partial charge < -0.3 is 10.4 Å². The van der Waals surface area contributed by atoms with Crippen molar-refractivity contribution in [2.24, 2.45) is 0 Å². The van der Waals surface area contributed by atoms with Gasteiger partial charge in [-0.3, -0.25) is 4.98 Å². The SMILES string of the molecule is OC1CCCC1Nc1ccnc2cc(Cl)ccc12. The summed E-state index contributed by atoms with van der Waals surface area (Å²) >= 11 is 5.96. The second-order valence-corrected chi connectivity index (χ2v) is 5.21. The summed E-state index contributed by atoms with van der Waals surface area (Å²) in [6, 6.07) is 7.77. The van der Waals surface area contributed by atoms with Crippen molar-refractivity contribution in [3.63, 3.8) is 0 Å². The first-order valence-corrected chi connectivity index (χ1v) is 6.61. The smallest absolute Gasteiger partial charge is 0.0741 e. The molecule has 1 saturated carbocycles. The van der Waals surface area contributed by atoms with Gasteiger partial charge in [0, 0.05) is 22.3 Å². The molecule has 1 aliphatic carbocycles. The predicted molar refractivity (Wildman–Crippen MR) is 74.0 cm³/mol. The number of halogens is 1. The summed E-state index contributed by atoms with van der Waals surface area (Å²) in [7, 11) is 0. The number of pyridine rings is 1. The normalized spacial score (nSPS) is 23.4. The molecule has 0 aliphatic heterocycles. The third-order valence-electron chi connectivity index (χ3n) is 3.53. The van der Waals surface area contributed by atoms with E-state index in [1.165, 1.54) is 0 Å². The van der Waals surface area contributed by atoms with Crippen LogP contribution >= 0.6 is 11.6 Å². The van der Waals surface area contributed by atoms with Crippen LogP contribution in [0.15, 0.2) is 30.5 Å². The van der Waals surface area contributed by atoms with E-state index in [2.05, 4.69) is 10.3 Å². The molecule has 1 fully saturated rings. The molecule has 18 heavy (non-hydrogen) atoms. The van der Waals surface area contributed by atoms with Crippen molar-refractivity contribution in [3.8, 4) is 0 Å². The van der Waals surface area contributed by atoms with Crippen molar-refractivity contribution in [1.29, 1.82) is 0 Å². The Morgan fingerprint density at radius 2 is 2.17 bits per heavy atom.